The first-order chi connectivity index (χ1) is 7.60. The first-order valence-corrected chi connectivity index (χ1v) is 6.33. The second-order valence-electron chi connectivity index (χ2n) is 4.76. The van der Waals surface area contributed by atoms with Crippen LogP contribution in [0.1, 0.15) is 43.6 Å². The van der Waals surface area contributed by atoms with Gasteiger partial charge in [-0.3, -0.25) is 4.68 Å². The molecule has 0 fully saturated rings. The van der Waals surface area contributed by atoms with Crippen molar-refractivity contribution in [2.24, 2.45) is 11.7 Å². The van der Waals surface area contributed by atoms with Gasteiger partial charge in [-0.15, -0.1) is 0 Å². The number of nitrogens with zero attached hydrogens (tertiary/aromatic N) is 2. The molecule has 1 rings (SSSR count). The molecular weight excluding hydrogens is 198 g/mol. The van der Waals surface area contributed by atoms with E-state index >= 15 is 0 Å². The third-order valence-electron chi connectivity index (χ3n) is 3.19. The zero-order chi connectivity index (χ0) is 12.1. The van der Waals surface area contributed by atoms with Crippen molar-refractivity contribution in [1.82, 2.24) is 9.78 Å². The molecule has 1 aromatic heterocycles. The number of hydrogen-bond acceptors (Lipinski definition) is 2. The third kappa shape index (κ3) is 3.08. The molecule has 92 valence electrons. The zero-order valence-corrected chi connectivity index (χ0v) is 11.1. The molecule has 0 aliphatic rings. The molecule has 2 N–H and O–H groups in total. The molecule has 3 heteroatoms. The summed E-state index contributed by atoms with van der Waals surface area (Å²) in [6, 6.07) is 0. The van der Waals surface area contributed by atoms with Crippen LogP contribution >= 0.6 is 0 Å². The average molecular weight is 223 g/mol. The first-order valence-electron chi connectivity index (χ1n) is 6.33. The van der Waals surface area contributed by atoms with Gasteiger partial charge < -0.3 is 5.73 Å². The van der Waals surface area contributed by atoms with E-state index in [1.165, 1.54) is 24.1 Å². The normalized spacial score (nSPS) is 13.1. The predicted molar refractivity (Wildman–Crippen MR) is 68.5 cm³/mol. The van der Waals surface area contributed by atoms with Crippen molar-refractivity contribution in [1.29, 1.82) is 0 Å². The van der Waals surface area contributed by atoms with Gasteiger partial charge in [0.15, 0.2) is 0 Å². The molecule has 1 aromatic rings. The summed E-state index contributed by atoms with van der Waals surface area (Å²) < 4.78 is 2.15. The van der Waals surface area contributed by atoms with Gasteiger partial charge in [-0.25, -0.2) is 0 Å². The topological polar surface area (TPSA) is 43.8 Å². The predicted octanol–water partition coefficient (Wildman–Crippen LogP) is 2.44. The van der Waals surface area contributed by atoms with Crippen molar-refractivity contribution >= 4 is 0 Å². The van der Waals surface area contributed by atoms with Crippen molar-refractivity contribution in [3.05, 3.63) is 17.0 Å². The number of hydrogen-bond donors (Lipinski definition) is 1. The molecule has 0 saturated heterocycles. The fourth-order valence-electron chi connectivity index (χ4n) is 2.30. The van der Waals surface area contributed by atoms with E-state index in [0.717, 1.165) is 18.7 Å². The van der Waals surface area contributed by atoms with Gasteiger partial charge in [0.25, 0.3) is 0 Å². The first kappa shape index (κ1) is 13.2. The maximum atomic E-state index is 5.62. The fourth-order valence-corrected chi connectivity index (χ4v) is 2.30. The van der Waals surface area contributed by atoms with E-state index in [9.17, 15) is 0 Å². The van der Waals surface area contributed by atoms with Crippen LogP contribution < -0.4 is 5.73 Å². The van der Waals surface area contributed by atoms with Crippen molar-refractivity contribution in [3.8, 4) is 0 Å². The Hall–Kier alpha value is -0.830. The van der Waals surface area contributed by atoms with Crippen LogP contribution in [0.15, 0.2) is 0 Å². The molecule has 3 nitrogen and oxygen atoms in total. The highest BCUT2D eigenvalue weighted by molar-refractivity contribution is 5.24. The van der Waals surface area contributed by atoms with E-state index in [0.29, 0.717) is 12.5 Å². The molecule has 16 heavy (non-hydrogen) atoms. The number of aryl methyl sites for hydroxylation is 1. The van der Waals surface area contributed by atoms with Crippen molar-refractivity contribution in [2.75, 3.05) is 6.54 Å². The Balaban J connectivity index is 2.77. The third-order valence-corrected chi connectivity index (χ3v) is 3.19. The van der Waals surface area contributed by atoms with Gasteiger partial charge >= 0.3 is 0 Å². The lowest BCUT2D eigenvalue weighted by molar-refractivity contribution is 0.414. The number of rotatable bonds is 6. The molecule has 1 heterocycles. The van der Waals surface area contributed by atoms with Gasteiger partial charge in [0.1, 0.15) is 0 Å². The summed E-state index contributed by atoms with van der Waals surface area (Å²) in [5.74, 6) is 0.703. The van der Waals surface area contributed by atoms with Crippen LogP contribution in [0.5, 0.6) is 0 Å². The summed E-state index contributed by atoms with van der Waals surface area (Å²) in [6.45, 7) is 10.5. The van der Waals surface area contributed by atoms with Crippen LogP contribution in [0, 0.1) is 19.8 Å². The number of aromatic nitrogens is 2. The largest absolute Gasteiger partial charge is 0.330 e. The van der Waals surface area contributed by atoms with E-state index in [1.807, 2.05) is 0 Å². The van der Waals surface area contributed by atoms with E-state index in [-0.39, 0.29) is 0 Å². The lowest BCUT2D eigenvalue weighted by atomic mass is 10.1. The summed E-state index contributed by atoms with van der Waals surface area (Å²) in [4.78, 5) is 0. The highest BCUT2D eigenvalue weighted by Crippen LogP contribution is 2.16. The Morgan fingerprint density at radius 2 is 2.06 bits per heavy atom. The maximum absolute atomic E-state index is 5.62. The molecule has 0 aliphatic heterocycles. The lowest BCUT2D eigenvalue weighted by Gasteiger charge is -2.11. The molecule has 0 amide bonds. The van der Waals surface area contributed by atoms with Crippen LogP contribution in [-0.2, 0) is 13.0 Å². The van der Waals surface area contributed by atoms with E-state index in [4.69, 9.17) is 5.73 Å². The minimum atomic E-state index is 0.703. The summed E-state index contributed by atoms with van der Waals surface area (Å²) in [5, 5.41) is 4.61. The molecule has 0 spiro atoms. The van der Waals surface area contributed by atoms with Gasteiger partial charge in [0, 0.05) is 12.2 Å². The SMILES string of the molecule is CCCC(C)Cn1nc(C)c(CCN)c1C. The Bertz CT molecular complexity index is 328. The van der Waals surface area contributed by atoms with Gasteiger partial charge in [0.05, 0.1) is 5.69 Å². The molecule has 0 saturated carbocycles. The Morgan fingerprint density at radius 1 is 1.38 bits per heavy atom. The molecule has 0 bridgehead atoms. The molecule has 0 aromatic carbocycles. The zero-order valence-electron chi connectivity index (χ0n) is 11.1. The van der Waals surface area contributed by atoms with E-state index < -0.39 is 0 Å². The van der Waals surface area contributed by atoms with Gasteiger partial charge in [-0.1, -0.05) is 20.3 Å². The second kappa shape index (κ2) is 6.04. The van der Waals surface area contributed by atoms with E-state index in [2.05, 4.69) is 37.5 Å². The molecular formula is C13H25N3. The summed E-state index contributed by atoms with van der Waals surface area (Å²) >= 11 is 0. The molecule has 0 radical (unpaired) electrons. The smallest absolute Gasteiger partial charge is 0.0628 e. The van der Waals surface area contributed by atoms with Crippen molar-refractivity contribution in [3.63, 3.8) is 0 Å². The summed E-state index contributed by atoms with van der Waals surface area (Å²) in [5.41, 5.74) is 9.40. The monoisotopic (exact) mass is 223 g/mol. The van der Waals surface area contributed by atoms with Crippen LogP contribution in [0.2, 0.25) is 0 Å². The molecule has 0 aliphatic carbocycles. The van der Waals surface area contributed by atoms with Crippen LogP contribution in [-0.4, -0.2) is 16.3 Å². The molecule has 1 unspecified atom stereocenters. The van der Waals surface area contributed by atoms with Gasteiger partial charge in [-0.2, -0.15) is 5.10 Å². The summed E-state index contributed by atoms with van der Waals surface area (Å²) in [7, 11) is 0. The van der Waals surface area contributed by atoms with Crippen LogP contribution in [0.4, 0.5) is 0 Å². The van der Waals surface area contributed by atoms with Crippen molar-refractivity contribution < 1.29 is 0 Å². The Labute approximate surface area is 99.0 Å². The number of nitrogens with two attached hydrogens (primary N) is 1. The highest BCUT2D eigenvalue weighted by atomic mass is 15.3. The Morgan fingerprint density at radius 3 is 2.62 bits per heavy atom. The summed E-state index contributed by atoms with van der Waals surface area (Å²) in [6.07, 6.45) is 3.46. The van der Waals surface area contributed by atoms with Gasteiger partial charge in [-0.05, 0) is 44.7 Å². The van der Waals surface area contributed by atoms with Crippen LogP contribution in [0.25, 0.3) is 0 Å². The standard InChI is InChI=1S/C13H25N3/c1-5-6-10(2)9-16-12(4)13(7-8-14)11(3)15-16/h10H,5-9,14H2,1-4H3. The quantitative estimate of drug-likeness (QED) is 0.805. The highest BCUT2D eigenvalue weighted by Gasteiger charge is 2.12. The van der Waals surface area contributed by atoms with Gasteiger partial charge in [0.2, 0.25) is 0 Å². The Kier molecular flexibility index (Phi) is 5.00. The van der Waals surface area contributed by atoms with Crippen molar-refractivity contribution in [2.45, 2.75) is 53.5 Å². The lowest BCUT2D eigenvalue weighted by Crippen LogP contribution is -2.11. The minimum Gasteiger partial charge on any atom is -0.330 e. The average Bonchev–Trinajstić information content (AvgIpc) is 2.47. The van der Waals surface area contributed by atoms with Crippen LogP contribution in [0.3, 0.4) is 0 Å². The van der Waals surface area contributed by atoms with E-state index in [1.54, 1.807) is 0 Å². The fraction of sp³-hybridized carbons (Fsp3) is 0.769. The molecule has 1 atom stereocenters. The second-order valence-corrected chi connectivity index (χ2v) is 4.76. The minimum absolute atomic E-state index is 0.703. The maximum Gasteiger partial charge on any atom is 0.0628 e.